The SMILES string of the molecule is CC(C)c1ccc(N2C[C@]34C=C[C@H](O3)C(C(=O)N(C)CCc3cn[nH]c3)C4C2=O)cc1. The number of nitrogens with one attached hydrogen (secondary N) is 1. The van der Waals surface area contributed by atoms with Crippen LogP contribution in [0.25, 0.3) is 0 Å². The first kappa shape index (κ1) is 20.0. The molecule has 1 spiro atoms. The summed E-state index contributed by atoms with van der Waals surface area (Å²) in [6.45, 7) is 5.32. The summed E-state index contributed by atoms with van der Waals surface area (Å²) in [5, 5.41) is 6.74. The summed E-state index contributed by atoms with van der Waals surface area (Å²) in [5.74, 6) is -0.577. The zero-order valence-corrected chi connectivity index (χ0v) is 18.1. The third-order valence-electron chi connectivity index (χ3n) is 6.92. The largest absolute Gasteiger partial charge is 0.360 e. The van der Waals surface area contributed by atoms with Crippen LogP contribution in [0.5, 0.6) is 0 Å². The summed E-state index contributed by atoms with van der Waals surface area (Å²) in [6, 6.07) is 8.13. The van der Waals surface area contributed by atoms with E-state index in [-0.39, 0.29) is 17.9 Å². The molecular formula is C24H28N4O3. The van der Waals surface area contributed by atoms with E-state index in [1.807, 2.05) is 30.5 Å². The van der Waals surface area contributed by atoms with Gasteiger partial charge in [-0.2, -0.15) is 5.10 Å². The maximum Gasteiger partial charge on any atom is 0.234 e. The van der Waals surface area contributed by atoms with Gasteiger partial charge in [0.05, 0.1) is 30.7 Å². The summed E-state index contributed by atoms with van der Waals surface area (Å²) in [5.41, 5.74) is 2.44. The Morgan fingerprint density at radius 1 is 1.35 bits per heavy atom. The zero-order chi connectivity index (χ0) is 21.8. The van der Waals surface area contributed by atoms with Crippen LogP contribution in [0.15, 0.2) is 48.8 Å². The Labute approximate surface area is 182 Å². The summed E-state index contributed by atoms with van der Waals surface area (Å²) in [4.78, 5) is 30.4. The molecule has 0 radical (unpaired) electrons. The topological polar surface area (TPSA) is 78.5 Å². The summed E-state index contributed by atoms with van der Waals surface area (Å²) in [6.07, 6.45) is 7.94. The molecule has 0 aliphatic carbocycles. The molecular weight excluding hydrogens is 392 g/mol. The van der Waals surface area contributed by atoms with Gasteiger partial charge >= 0.3 is 0 Å². The molecule has 2 bridgehead atoms. The van der Waals surface area contributed by atoms with Crippen LogP contribution in [0.2, 0.25) is 0 Å². The predicted molar refractivity (Wildman–Crippen MR) is 117 cm³/mol. The number of aromatic nitrogens is 2. The van der Waals surface area contributed by atoms with Crippen LogP contribution in [0.1, 0.15) is 30.9 Å². The summed E-state index contributed by atoms with van der Waals surface area (Å²) < 4.78 is 6.27. The monoisotopic (exact) mass is 420 g/mol. The number of ether oxygens (including phenoxy) is 1. The number of rotatable bonds is 6. The highest BCUT2D eigenvalue weighted by molar-refractivity contribution is 6.03. The molecule has 5 rings (SSSR count). The third kappa shape index (κ3) is 3.19. The van der Waals surface area contributed by atoms with Crippen molar-refractivity contribution in [3.63, 3.8) is 0 Å². The van der Waals surface area contributed by atoms with Gasteiger partial charge in [0, 0.05) is 25.5 Å². The van der Waals surface area contributed by atoms with Gasteiger partial charge in [0.15, 0.2) is 0 Å². The molecule has 31 heavy (non-hydrogen) atoms. The standard InChI is InChI=1S/C24H28N4O3/c1-15(2)17-4-6-18(7-5-17)28-14-24-10-8-19(31-24)20(21(24)23(28)30)22(29)27(3)11-9-16-12-25-26-13-16/h4-8,10,12-13,15,19-21H,9,11,14H2,1-3H3,(H,25,26)/t19-,20?,21?,24-/m0/s1. The Morgan fingerprint density at radius 2 is 2.13 bits per heavy atom. The fraction of sp³-hybridized carbons (Fsp3) is 0.458. The van der Waals surface area contributed by atoms with Crippen molar-refractivity contribution in [3.05, 3.63) is 59.9 Å². The number of nitrogens with zero attached hydrogens (tertiary/aromatic N) is 3. The first-order valence-electron chi connectivity index (χ1n) is 10.9. The van der Waals surface area contributed by atoms with Gasteiger partial charge in [-0.05, 0) is 35.6 Å². The van der Waals surface area contributed by atoms with Crippen molar-refractivity contribution in [2.24, 2.45) is 11.8 Å². The molecule has 4 atom stereocenters. The molecule has 1 aromatic carbocycles. The Balaban J connectivity index is 1.35. The number of anilines is 1. The van der Waals surface area contributed by atoms with Crippen LogP contribution in [0.3, 0.4) is 0 Å². The average Bonchev–Trinajstić information content (AvgIpc) is 3.54. The number of aromatic amines is 1. The molecule has 1 aromatic heterocycles. The van der Waals surface area contributed by atoms with Gasteiger partial charge in [-0.25, -0.2) is 0 Å². The predicted octanol–water partition coefficient (Wildman–Crippen LogP) is 2.52. The Hall–Kier alpha value is -2.93. The van der Waals surface area contributed by atoms with Crippen LogP contribution in [-0.4, -0.2) is 58.8 Å². The number of amides is 2. The van der Waals surface area contributed by atoms with Gasteiger partial charge in [-0.1, -0.05) is 38.1 Å². The average molecular weight is 421 g/mol. The van der Waals surface area contributed by atoms with E-state index in [2.05, 4.69) is 36.2 Å². The molecule has 2 amide bonds. The number of fused-ring (bicyclic) bond motifs is 1. The quantitative estimate of drug-likeness (QED) is 0.729. The second kappa shape index (κ2) is 7.34. The lowest BCUT2D eigenvalue weighted by molar-refractivity contribution is -0.139. The minimum atomic E-state index is -0.704. The van der Waals surface area contributed by atoms with Gasteiger partial charge in [-0.3, -0.25) is 14.7 Å². The van der Waals surface area contributed by atoms with E-state index >= 15 is 0 Å². The molecule has 2 aromatic rings. The molecule has 7 nitrogen and oxygen atoms in total. The zero-order valence-electron chi connectivity index (χ0n) is 18.1. The third-order valence-corrected chi connectivity index (χ3v) is 6.92. The van der Waals surface area contributed by atoms with Gasteiger partial charge in [-0.15, -0.1) is 0 Å². The molecule has 3 aliphatic rings. The van der Waals surface area contributed by atoms with Crippen molar-refractivity contribution in [2.75, 3.05) is 25.0 Å². The summed E-state index contributed by atoms with van der Waals surface area (Å²) in [7, 11) is 1.80. The number of hydrogen-bond donors (Lipinski definition) is 1. The van der Waals surface area contributed by atoms with Crippen LogP contribution < -0.4 is 4.90 Å². The highest BCUT2D eigenvalue weighted by Gasteiger charge is 2.67. The number of carbonyl (C=O) groups is 2. The normalized spacial score (nSPS) is 28.6. The molecule has 4 heterocycles. The van der Waals surface area contributed by atoms with Crippen molar-refractivity contribution < 1.29 is 14.3 Å². The Bertz CT molecular complexity index is 1010. The minimum absolute atomic E-state index is 0.0225. The lowest BCUT2D eigenvalue weighted by atomic mass is 9.76. The number of benzene rings is 1. The highest BCUT2D eigenvalue weighted by atomic mass is 16.5. The first-order chi connectivity index (χ1) is 14.9. The highest BCUT2D eigenvalue weighted by Crippen LogP contribution is 2.53. The Morgan fingerprint density at radius 3 is 2.81 bits per heavy atom. The number of hydrogen-bond acceptors (Lipinski definition) is 4. The lowest BCUT2D eigenvalue weighted by Gasteiger charge is -2.27. The fourth-order valence-electron chi connectivity index (χ4n) is 5.11. The van der Waals surface area contributed by atoms with Gasteiger partial charge in [0.25, 0.3) is 0 Å². The molecule has 1 N–H and O–H groups in total. The Kier molecular flexibility index (Phi) is 4.73. The van der Waals surface area contributed by atoms with Crippen LogP contribution in [-0.2, 0) is 20.7 Å². The van der Waals surface area contributed by atoms with Crippen LogP contribution >= 0.6 is 0 Å². The maximum atomic E-state index is 13.5. The smallest absolute Gasteiger partial charge is 0.234 e. The molecule has 3 aliphatic heterocycles. The van der Waals surface area contributed by atoms with Gasteiger partial charge in [0.2, 0.25) is 11.8 Å². The van der Waals surface area contributed by atoms with Crippen LogP contribution in [0.4, 0.5) is 5.69 Å². The molecule has 2 unspecified atom stereocenters. The van der Waals surface area contributed by atoms with Gasteiger partial charge < -0.3 is 14.5 Å². The molecule has 2 saturated heterocycles. The van der Waals surface area contributed by atoms with Crippen molar-refractivity contribution in [3.8, 4) is 0 Å². The van der Waals surface area contributed by atoms with Crippen molar-refractivity contribution in [2.45, 2.75) is 37.9 Å². The molecule has 0 saturated carbocycles. The molecule has 7 heteroatoms. The summed E-state index contributed by atoms with van der Waals surface area (Å²) >= 11 is 0. The van der Waals surface area contributed by atoms with E-state index < -0.39 is 17.4 Å². The van der Waals surface area contributed by atoms with E-state index in [1.165, 1.54) is 5.56 Å². The second-order valence-electron chi connectivity index (χ2n) is 9.19. The van der Waals surface area contributed by atoms with Crippen molar-refractivity contribution >= 4 is 17.5 Å². The number of carbonyl (C=O) groups excluding carboxylic acids is 2. The van der Waals surface area contributed by atoms with E-state index in [0.29, 0.717) is 25.4 Å². The van der Waals surface area contributed by atoms with Crippen molar-refractivity contribution in [1.29, 1.82) is 0 Å². The maximum absolute atomic E-state index is 13.5. The fourth-order valence-corrected chi connectivity index (χ4v) is 5.11. The van der Waals surface area contributed by atoms with E-state index in [1.54, 1.807) is 23.0 Å². The second-order valence-corrected chi connectivity index (χ2v) is 9.19. The van der Waals surface area contributed by atoms with Crippen molar-refractivity contribution in [1.82, 2.24) is 15.1 Å². The van der Waals surface area contributed by atoms with Gasteiger partial charge in [0.1, 0.15) is 5.60 Å². The number of H-pyrrole nitrogens is 1. The minimum Gasteiger partial charge on any atom is -0.360 e. The van der Waals surface area contributed by atoms with E-state index in [4.69, 9.17) is 4.74 Å². The van der Waals surface area contributed by atoms with Crippen LogP contribution in [0, 0.1) is 11.8 Å². The first-order valence-corrected chi connectivity index (χ1v) is 10.9. The van der Waals surface area contributed by atoms with E-state index in [9.17, 15) is 9.59 Å². The van der Waals surface area contributed by atoms with E-state index in [0.717, 1.165) is 11.3 Å². The molecule has 2 fully saturated rings. The lowest BCUT2D eigenvalue weighted by Crippen LogP contribution is -2.45. The molecule has 162 valence electrons. The number of likely N-dealkylation sites (N-methyl/N-ethyl adjacent to an activating group) is 1.